The molecule has 0 atom stereocenters. The van der Waals surface area contributed by atoms with Crippen molar-refractivity contribution in [2.45, 2.75) is 0 Å². The van der Waals surface area contributed by atoms with E-state index in [-0.39, 0.29) is 5.82 Å². The molecule has 0 fully saturated rings. The zero-order chi connectivity index (χ0) is 15.0. The maximum Gasteiger partial charge on any atom is 0.249 e. The van der Waals surface area contributed by atoms with Crippen LogP contribution in [0.15, 0.2) is 53.0 Å². The summed E-state index contributed by atoms with van der Waals surface area (Å²) in [4.78, 5) is 16.2. The third-order valence-corrected chi connectivity index (χ3v) is 3.67. The largest absolute Gasteiger partial charge is 0.366 e. The Labute approximate surface area is 128 Å². The second kappa shape index (κ2) is 5.26. The maximum atomic E-state index is 13.0. The molecule has 21 heavy (non-hydrogen) atoms. The van der Waals surface area contributed by atoms with Crippen LogP contribution in [-0.2, 0) is 0 Å². The lowest BCUT2D eigenvalue weighted by Crippen LogP contribution is -2.12. The summed E-state index contributed by atoms with van der Waals surface area (Å²) in [5.74, 6) is -0.845. The molecule has 0 aliphatic carbocycles. The molecule has 2 aromatic carbocycles. The highest BCUT2D eigenvalue weighted by atomic mass is 79.9. The predicted octanol–water partition coefficient (Wildman–Crippen LogP) is 3.90. The summed E-state index contributed by atoms with van der Waals surface area (Å²) in [6, 6.07) is 13.0. The van der Waals surface area contributed by atoms with Crippen LogP contribution >= 0.6 is 15.9 Å². The van der Waals surface area contributed by atoms with Crippen LogP contribution in [0.3, 0.4) is 0 Å². The van der Waals surface area contributed by atoms with Gasteiger partial charge in [0.1, 0.15) is 5.82 Å². The highest BCUT2D eigenvalue weighted by Gasteiger charge is 2.12. The Bertz CT molecular complexity index is 847. The number of hydrogen-bond acceptors (Lipinski definition) is 2. The lowest BCUT2D eigenvalue weighted by Gasteiger charge is -2.08. The van der Waals surface area contributed by atoms with Gasteiger partial charge in [0, 0.05) is 15.4 Å². The average Bonchev–Trinajstić information content (AvgIpc) is 2.46. The molecule has 0 aliphatic heterocycles. The minimum absolute atomic E-state index is 0.321. The minimum atomic E-state index is -0.524. The number of aromatic nitrogens is 1. The lowest BCUT2D eigenvalue weighted by atomic mass is 10.0. The van der Waals surface area contributed by atoms with Gasteiger partial charge in [0.15, 0.2) is 0 Å². The number of amides is 1. The monoisotopic (exact) mass is 344 g/mol. The molecule has 0 bridgehead atoms. The van der Waals surface area contributed by atoms with E-state index in [2.05, 4.69) is 20.9 Å². The van der Waals surface area contributed by atoms with E-state index in [1.165, 1.54) is 12.1 Å². The molecule has 2 N–H and O–H groups in total. The van der Waals surface area contributed by atoms with Gasteiger partial charge in [-0.2, -0.15) is 0 Å². The van der Waals surface area contributed by atoms with Crippen LogP contribution in [0.25, 0.3) is 22.2 Å². The van der Waals surface area contributed by atoms with Crippen molar-refractivity contribution in [3.63, 3.8) is 0 Å². The molecule has 1 amide bonds. The van der Waals surface area contributed by atoms with Gasteiger partial charge in [0.25, 0.3) is 0 Å². The first-order valence-corrected chi connectivity index (χ1v) is 7.00. The standard InChI is InChI=1S/C16H10BrFN2O/c17-10-3-6-14-12(7-10)13(16(19)21)8-15(20-14)9-1-4-11(18)5-2-9/h1-8H,(H2,19,21). The first-order chi connectivity index (χ1) is 10.0. The molecular formula is C16H10BrFN2O. The quantitative estimate of drug-likeness (QED) is 0.766. The molecule has 3 aromatic rings. The van der Waals surface area contributed by atoms with E-state index < -0.39 is 5.91 Å². The van der Waals surface area contributed by atoms with Crippen molar-refractivity contribution in [2.75, 3.05) is 0 Å². The number of primary amides is 1. The number of benzene rings is 2. The van der Waals surface area contributed by atoms with E-state index in [0.29, 0.717) is 22.2 Å². The third kappa shape index (κ3) is 2.64. The highest BCUT2D eigenvalue weighted by Crippen LogP contribution is 2.27. The first-order valence-electron chi connectivity index (χ1n) is 6.20. The van der Waals surface area contributed by atoms with E-state index in [4.69, 9.17) is 5.73 Å². The molecule has 0 saturated carbocycles. The number of rotatable bonds is 2. The van der Waals surface area contributed by atoms with Crippen LogP contribution in [-0.4, -0.2) is 10.9 Å². The van der Waals surface area contributed by atoms with Gasteiger partial charge in [0.05, 0.1) is 16.8 Å². The molecule has 104 valence electrons. The normalized spacial score (nSPS) is 10.8. The van der Waals surface area contributed by atoms with Gasteiger partial charge < -0.3 is 5.73 Å². The van der Waals surface area contributed by atoms with E-state index in [1.54, 1.807) is 30.3 Å². The Morgan fingerprint density at radius 2 is 1.81 bits per heavy atom. The van der Waals surface area contributed by atoms with E-state index >= 15 is 0 Å². The van der Waals surface area contributed by atoms with E-state index in [0.717, 1.165) is 10.0 Å². The number of nitrogens with zero attached hydrogens (tertiary/aromatic N) is 1. The van der Waals surface area contributed by atoms with Crippen LogP contribution < -0.4 is 5.73 Å². The zero-order valence-corrected chi connectivity index (χ0v) is 12.4. The summed E-state index contributed by atoms with van der Waals surface area (Å²) in [7, 11) is 0. The Morgan fingerprint density at radius 1 is 1.10 bits per heavy atom. The summed E-state index contributed by atoms with van der Waals surface area (Å²) in [6.45, 7) is 0. The number of halogens is 2. The van der Waals surface area contributed by atoms with Gasteiger partial charge in [-0.1, -0.05) is 15.9 Å². The smallest absolute Gasteiger partial charge is 0.249 e. The van der Waals surface area contributed by atoms with Crippen molar-refractivity contribution < 1.29 is 9.18 Å². The molecule has 3 nitrogen and oxygen atoms in total. The van der Waals surface area contributed by atoms with Crippen LogP contribution in [0.2, 0.25) is 0 Å². The fourth-order valence-corrected chi connectivity index (χ4v) is 2.53. The summed E-state index contributed by atoms with van der Waals surface area (Å²) in [5, 5.41) is 0.683. The zero-order valence-electron chi connectivity index (χ0n) is 10.8. The van der Waals surface area contributed by atoms with Crippen molar-refractivity contribution >= 4 is 32.7 Å². The Kier molecular flexibility index (Phi) is 3.43. The van der Waals surface area contributed by atoms with Crippen molar-refractivity contribution in [1.29, 1.82) is 0 Å². The summed E-state index contributed by atoms with van der Waals surface area (Å²) >= 11 is 3.37. The number of hydrogen-bond donors (Lipinski definition) is 1. The predicted molar refractivity (Wildman–Crippen MR) is 83.4 cm³/mol. The van der Waals surface area contributed by atoms with Crippen molar-refractivity contribution in [2.24, 2.45) is 5.73 Å². The van der Waals surface area contributed by atoms with Crippen LogP contribution in [0.5, 0.6) is 0 Å². The molecule has 0 saturated heterocycles. The molecular weight excluding hydrogens is 335 g/mol. The van der Waals surface area contributed by atoms with Crippen LogP contribution in [0, 0.1) is 5.82 Å². The van der Waals surface area contributed by atoms with Gasteiger partial charge in [-0.3, -0.25) is 4.79 Å². The van der Waals surface area contributed by atoms with Gasteiger partial charge in [-0.25, -0.2) is 9.37 Å². The van der Waals surface area contributed by atoms with Crippen molar-refractivity contribution in [3.8, 4) is 11.3 Å². The Morgan fingerprint density at radius 3 is 2.48 bits per heavy atom. The first kappa shape index (κ1) is 13.7. The lowest BCUT2D eigenvalue weighted by molar-refractivity contribution is 0.100. The third-order valence-electron chi connectivity index (χ3n) is 3.18. The van der Waals surface area contributed by atoms with Crippen LogP contribution in [0.4, 0.5) is 4.39 Å². The molecule has 0 unspecified atom stereocenters. The second-order valence-electron chi connectivity index (χ2n) is 4.59. The topological polar surface area (TPSA) is 56.0 Å². The molecule has 0 spiro atoms. The fraction of sp³-hybridized carbons (Fsp3) is 0. The summed E-state index contributed by atoms with van der Waals surface area (Å²) in [6.07, 6.45) is 0. The van der Waals surface area contributed by atoms with Gasteiger partial charge in [-0.15, -0.1) is 0 Å². The second-order valence-corrected chi connectivity index (χ2v) is 5.50. The molecule has 1 heterocycles. The van der Waals surface area contributed by atoms with Crippen molar-refractivity contribution in [1.82, 2.24) is 4.98 Å². The fourth-order valence-electron chi connectivity index (χ4n) is 2.17. The summed E-state index contributed by atoms with van der Waals surface area (Å²) in [5.41, 5.74) is 7.82. The molecule has 1 aromatic heterocycles. The van der Waals surface area contributed by atoms with E-state index in [1.807, 2.05) is 6.07 Å². The van der Waals surface area contributed by atoms with Gasteiger partial charge in [0.2, 0.25) is 5.91 Å². The number of nitrogens with two attached hydrogens (primary N) is 1. The highest BCUT2D eigenvalue weighted by molar-refractivity contribution is 9.10. The summed E-state index contributed by atoms with van der Waals surface area (Å²) < 4.78 is 13.8. The minimum Gasteiger partial charge on any atom is -0.366 e. The molecule has 0 aliphatic rings. The molecule has 3 rings (SSSR count). The van der Waals surface area contributed by atoms with Crippen LogP contribution in [0.1, 0.15) is 10.4 Å². The SMILES string of the molecule is NC(=O)c1cc(-c2ccc(F)cc2)nc2ccc(Br)cc12. The number of carbonyl (C=O) groups excluding carboxylic acids is 1. The molecule has 0 radical (unpaired) electrons. The van der Waals surface area contributed by atoms with Gasteiger partial charge in [-0.05, 0) is 48.5 Å². The average molecular weight is 345 g/mol. The van der Waals surface area contributed by atoms with Gasteiger partial charge >= 0.3 is 0 Å². The molecule has 5 heteroatoms. The maximum absolute atomic E-state index is 13.0. The van der Waals surface area contributed by atoms with Crippen molar-refractivity contribution in [3.05, 3.63) is 64.4 Å². The number of carbonyl (C=O) groups is 1. The number of fused-ring (bicyclic) bond motifs is 1. The van der Waals surface area contributed by atoms with E-state index in [9.17, 15) is 9.18 Å². The number of pyridine rings is 1. The Balaban J connectivity index is 2.28. The Hall–Kier alpha value is -2.27.